The second-order valence-electron chi connectivity index (χ2n) is 4.15. The fourth-order valence-electron chi connectivity index (χ4n) is 1.77. The number of pyridine rings is 1. The number of nitrogens with one attached hydrogen (secondary N) is 2. The van der Waals surface area contributed by atoms with E-state index in [1.54, 1.807) is 6.20 Å². The van der Waals surface area contributed by atoms with Gasteiger partial charge in [0.1, 0.15) is 5.82 Å². The van der Waals surface area contributed by atoms with E-state index in [1.807, 2.05) is 30.8 Å². The number of rotatable bonds is 3. The minimum Gasteiger partial charge on any atom is -0.312 e. The summed E-state index contributed by atoms with van der Waals surface area (Å²) < 4.78 is 0. The van der Waals surface area contributed by atoms with Crippen molar-refractivity contribution in [3.63, 3.8) is 0 Å². The van der Waals surface area contributed by atoms with Gasteiger partial charge in [-0.3, -0.25) is 4.79 Å². The lowest BCUT2D eigenvalue weighted by Gasteiger charge is -2.22. The maximum Gasteiger partial charge on any atom is 0.227 e. The van der Waals surface area contributed by atoms with E-state index >= 15 is 0 Å². The van der Waals surface area contributed by atoms with E-state index in [-0.39, 0.29) is 11.9 Å². The zero-order chi connectivity index (χ0) is 12.1. The van der Waals surface area contributed by atoms with Gasteiger partial charge in [0.15, 0.2) is 0 Å². The first-order valence-corrected chi connectivity index (χ1v) is 6.94. The molecular weight excluding hydrogens is 234 g/mol. The third kappa shape index (κ3) is 3.71. The second-order valence-corrected chi connectivity index (χ2v) is 5.30. The molecule has 0 bridgehead atoms. The van der Waals surface area contributed by atoms with Gasteiger partial charge in [-0.15, -0.1) is 0 Å². The molecule has 2 heterocycles. The van der Waals surface area contributed by atoms with Crippen LogP contribution in [0, 0.1) is 6.92 Å². The maximum atomic E-state index is 11.8. The number of aryl methyl sites for hydroxylation is 1. The molecule has 1 aliphatic rings. The lowest BCUT2D eigenvalue weighted by Crippen LogP contribution is -2.40. The SMILES string of the molecule is Cc1cccnc1NC(=O)CC1CSCCN1. The van der Waals surface area contributed by atoms with Gasteiger partial charge in [0, 0.05) is 36.7 Å². The molecule has 1 aliphatic heterocycles. The zero-order valence-corrected chi connectivity index (χ0v) is 10.7. The van der Waals surface area contributed by atoms with Crippen molar-refractivity contribution in [1.82, 2.24) is 10.3 Å². The molecule has 1 saturated heterocycles. The molecule has 0 radical (unpaired) electrons. The molecule has 4 nitrogen and oxygen atoms in total. The molecule has 1 aromatic rings. The summed E-state index contributed by atoms with van der Waals surface area (Å²) in [6.07, 6.45) is 2.21. The van der Waals surface area contributed by atoms with Crippen LogP contribution in [0.1, 0.15) is 12.0 Å². The van der Waals surface area contributed by atoms with Crippen LogP contribution in [0.2, 0.25) is 0 Å². The van der Waals surface area contributed by atoms with Gasteiger partial charge < -0.3 is 10.6 Å². The molecule has 1 atom stereocenters. The smallest absolute Gasteiger partial charge is 0.227 e. The van der Waals surface area contributed by atoms with Crippen LogP contribution in [0.25, 0.3) is 0 Å². The highest BCUT2D eigenvalue weighted by atomic mass is 32.2. The van der Waals surface area contributed by atoms with E-state index < -0.39 is 0 Å². The summed E-state index contributed by atoms with van der Waals surface area (Å²) in [5.74, 6) is 2.85. The van der Waals surface area contributed by atoms with Crippen LogP contribution in [0.3, 0.4) is 0 Å². The van der Waals surface area contributed by atoms with E-state index in [9.17, 15) is 4.79 Å². The van der Waals surface area contributed by atoms with Crippen molar-refractivity contribution in [3.05, 3.63) is 23.9 Å². The van der Waals surface area contributed by atoms with Crippen LogP contribution in [0.15, 0.2) is 18.3 Å². The fraction of sp³-hybridized carbons (Fsp3) is 0.500. The molecule has 2 N–H and O–H groups in total. The highest BCUT2D eigenvalue weighted by Crippen LogP contribution is 2.13. The number of hydrogen-bond donors (Lipinski definition) is 2. The molecule has 0 saturated carbocycles. The number of carbonyl (C=O) groups excluding carboxylic acids is 1. The lowest BCUT2D eigenvalue weighted by atomic mass is 10.2. The molecule has 1 fully saturated rings. The van der Waals surface area contributed by atoms with Crippen LogP contribution < -0.4 is 10.6 Å². The summed E-state index contributed by atoms with van der Waals surface area (Å²) in [7, 11) is 0. The van der Waals surface area contributed by atoms with Gasteiger partial charge >= 0.3 is 0 Å². The molecule has 17 heavy (non-hydrogen) atoms. The Morgan fingerprint density at radius 3 is 3.29 bits per heavy atom. The normalized spacial score (nSPS) is 19.9. The number of amides is 1. The summed E-state index contributed by atoms with van der Waals surface area (Å²) >= 11 is 1.90. The summed E-state index contributed by atoms with van der Waals surface area (Å²) in [6, 6.07) is 4.10. The number of anilines is 1. The maximum absolute atomic E-state index is 11.8. The first-order chi connectivity index (χ1) is 8.25. The van der Waals surface area contributed by atoms with Gasteiger partial charge in [0.05, 0.1) is 0 Å². The fourth-order valence-corrected chi connectivity index (χ4v) is 2.72. The number of aromatic nitrogens is 1. The molecule has 1 amide bonds. The molecule has 0 aromatic carbocycles. The van der Waals surface area contributed by atoms with Crippen molar-refractivity contribution >= 4 is 23.5 Å². The van der Waals surface area contributed by atoms with Gasteiger partial charge in [-0.1, -0.05) is 6.07 Å². The molecule has 5 heteroatoms. The highest BCUT2D eigenvalue weighted by Gasteiger charge is 2.17. The third-order valence-corrected chi connectivity index (χ3v) is 3.83. The van der Waals surface area contributed by atoms with Crippen LogP contribution >= 0.6 is 11.8 Å². The first-order valence-electron chi connectivity index (χ1n) is 5.78. The molecule has 0 spiro atoms. The average molecular weight is 251 g/mol. The van der Waals surface area contributed by atoms with Gasteiger partial charge in [0.25, 0.3) is 0 Å². The summed E-state index contributed by atoms with van der Waals surface area (Å²) in [5.41, 5.74) is 0.992. The van der Waals surface area contributed by atoms with Gasteiger partial charge in [-0.05, 0) is 18.6 Å². The monoisotopic (exact) mass is 251 g/mol. The van der Waals surface area contributed by atoms with Crippen molar-refractivity contribution in [2.24, 2.45) is 0 Å². The van der Waals surface area contributed by atoms with Crippen molar-refractivity contribution in [2.45, 2.75) is 19.4 Å². The Morgan fingerprint density at radius 1 is 1.71 bits per heavy atom. The summed E-state index contributed by atoms with van der Waals surface area (Å²) in [6.45, 7) is 2.93. The third-order valence-electron chi connectivity index (χ3n) is 2.70. The Balaban J connectivity index is 1.86. The number of hydrogen-bond acceptors (Lipinski definition) is 4. The summed E-state index contributed by atoms with van der Waals surface area (Å²) in [5, 5.41) is 6.21. The van der Waals surface area contributed by atoms with Crippen molar-refractivity contribution in [3.8, 4) is 0 Å². The average Bonchev–Trinajstić information content (AvgIpc) is 2.33. The van der Waals surface area contributed by atoms with Gasteiger partial charge in [-0.2, -0.15) is 11.8 Å². The molecule has 1 unspecified atom stereocenters. The standard InChI is InChI=1S/C12H17N3OS/c1-9-3-2-4-14-12(9)15-11(16)7-10-8-17-6-5-13-10/h2-4,10,13H,5-8H2,1H3,(H,14,15,16). The van der Waals surface area contributed by atoms with Gasteiger partial charge in [0.2, 0.25) is 5.91 Å². The molecular formula is C12H17N3OS. The van der Waals surface area contributed by atoms with Gasteiger partial charge in [-0.25, -0.2) is 4.98 Å². The molecule has 1 aromatic heterocycles. The molecule has 92 valence electrons. The Bertz CT molecular complexity index is 391. The molecule has 2 rings (SSSR count). The van der Waals surface area contributed by atoms with E-state index in [1.165, 1.54) is 0 Å². The van der Waals surface area contributed by atoms with Crippen molar-refractivity contribution in [2.75, 3.05) is 23.4 Å². The Kier molecular flexibility index (Phi) is 4.39. The Labute approximate surface area is 106 Å². The number of thioether (sulfide) groups is 1. The van der Waals surface area contributed by atoms with Crippen LogP contribution in [-0.4, -0.2) is 35.0 Å². The number of nitrogens with zero attached hydrogens (tertiary/aromatic N) is 1. The first kappa shape index (κ1) is 12.4. The predicted molar refractivity (Wildman–Crippen MR) is 71.3 cm³/mol. The van der Waals surface area contributed by atoms with E-state index in [4.69, 9.17) is 0 Å². The van der Waals surface area contributed by atoms with E-state index in [2.05, 4.69) is 15.6 Å². The predicted octanol–water partition coefficient (Wildman–Crippen LogP) is 1.42. The van der Waals surface area contributed by atoms with Crippen LogP contribution in [0.5, 0.6) is 0 Å². The second kappa shape index (κ2) is 6.02. The van der Waals surface area contributed by atoms with E-state index in [0.29, 0.717) is 12.2 Å². The molecule has 0 aliphatic carbocycles. The van der Waals surface area contributed by atoms with Crippen molar-refractivity contribution < 1.29 is 4.79 Å². The number of carbonyl (C=O) groups is 1. The summed E-state index contributed by atoms with van der Waals surface area (Å²) in [4.78, 5) is 16.0. The Morgan fingerprint density at radius 2 is 2.59 bits per heavy atom. The highest BCUT2D eigenvalue weighted by molar-refractivity contribution is 7.99. The zero-order valence-electron chi connectivity index (χ0n) is 9.90. The minimum atomic E-state index is 0.0341. The lowest BCUT2D eigenvalue weighted by molar-refractivity contribution is -0.116. The van der Waals surface area contributed by atoms with E-state index in [0.717, 1.165) is 23.6 Å². The topological polar surface area (TPSA) is 54.0 Å². The van der Waals surface area contributed by atoms with Crippen LogP contribution in [-0.2, 0) is 4.79 Å². The Hall–Kier alpha value is -1.07. The quantitative estimate of drug-likeness (QED) is 0.853. The minimum absolute atomic E-state index is 0.0341. The van der Waals surface area contributed by atoms with Crippen LogP contribution in [0.4, 0.5) is 5.82 Å². The largest absolute Gasteiger partial charge is 0.312 e. The van der Waals surface area contributed by atoms with Crippen molar-refractivity contribution in [1.29, 1.82) is 0 Å².